The van der Waals surface area contributed by atoms with E-state index in [9.17, 15) is 4.79 Å². The number of benzene rings is 1. The van der Waals surface area contributed by atoms with Crippen LogP contribution in [0.15, 0.2) is 29.4 Å². The van der Waals surface area contributed by atoms with Crippen molar-refractivity contribution in [2.75, 3.05) is 0 Å². The van der Waals surface area contributed by atoms with Crippen molar-refractivity contribution in [2.24, 2.45) is 5.16 Å². The number of carbonyl (C=O) groups is 1. The molecule has 0 saturated heterocycles. The van der Waals surface area contributed by atoms with Gasteiger partial charge in [0.05, 0.1) is 12.1 Å². The quantitative estimate of drug-likeness (QED) is 0.643. The highest BCUT2D eigenvalue weighted by atomic mass is 35.5. The molecule has 0 unspecified atom stereocenters. The van der Waals surface area contributed by atoms with Crippen LogP contribution in [-0.2, 0) is 9.63 Å². The van der Waals surface area contributed by atoms with Crippen LogP contribution in [0.3, 0.4) is 0 Å². The summed E-state index contributed by atoms with van der Waals surface area (Å²) in [6.07, 6.45) is 0.238. The van der Waals surface area contributed by atoms with Crippen molar-refractivity contribution in [1.29, 1.82) is 0 Å². The predicted molar refractivity (Wildman–Crippen MR) is 48.7 cm³/mol. The smallest absolute Gasteiger partial charge is 0.318 e. The van der Waals surface area contributed by atoms with E-state index in [0.29, 0.717) is 10.7 Å². The second-order valence-corrected chi connectivity index (χ2v) is 3.12. The molecule has 2 rings (SSSR count). The Morgan fingerprint density at radius 1 is 1.31 bits per heavy atom. The largest absolute Gasteiger partial charge is 0.341 e. The van der Waals surface area contributed by atoms with E-state index in [-0.39, 0.29) is 12.4 Å². The highest BCUT2D eigenvalue weighted by Gasteiger charge is 2.18. The number of oxime groups is 1. The maximum atomic E-state index is 10.7. The standard InChI is InChI=1S/C9H6ClNO2/c10-7-3-1-6(2-4-7)8-5-9(12)13-11-8/h1-4H,5H2. The first-order chi connectivity index (χ1) is 6.25. The first kappa shape index (κ1) is 8.26. The highest BCUT2D eigenvalue weighted by molar-refractivity contribution is 6.30. The van der Waals surface area contributed by atoms with Crippen LogP contribution in [0.4, 0.5) is 0 Å². The van der Waals surface area contributed by atoms with E-state index in [1.807, 2.05) is 12.1 Å². The van der Waals surface area contributed by atoms with Gasteiger partial charge in [0.2, 0.25) is 0 Å². The van der Waals surface area contributed by atoms with Gasteiger partial charge in [0.25, 0.3) is 0 Å². The molecule has 0 bridgehead atoms. The van der Waals surface area contributed by atoms with Gasteiger partial charge in [-0.1, -0.05) is 28.9 Å². The molecule has 0 spiro atoms. The lowest BCUT2D eigenvalue weighted by molar-refractivity contribution is -0.140. The maximum Gasteiger partial charge on any atom is 0.341 e. The summed E-state index contributed by atoms with van der Waals surface area (Å²) in [6.45, 7) is 0. The molecule has 0 radical (unpaired) electrons. The molecule has 0 amide bonds. The van der Waals surface area contributed by atoms with E-state index in [4.69, 9.17) is 11.6 Å². The Balaban J connectivity index is 2.27. The summed E-state index contributed by atoms with van der Waals surface area (Å²) in [7, 11) is 0. The molecule has 0 aliphatic carbocycles. The van der Waals surface area contributed by atoms with Gasteiger partial charge >= 0.3 is 5.97 Å². The van der Waals surface area contributed by atoms with Crippen LogP contribution in [0, 0.1) is 0 Å². The minimum absolute atomic E-state index is 0.238. The monoisotopic (exact) mass is 195 g/mol. The second-order valence-electron chi connectivity index (χ2n) is 2.68. The van der Waals surface area contributed by atoms with Crippen molar-refractivity contribution < 1.29 is 9.63 Å². The fraction of sp³-hybridized carbons (Fsp3) is 0.111. The summed E-state index contributed by atoms with van der Waals surface area (Å²) in [5.74, 6) is -0.315. The number of hydrogen-bond donors (Lipinski definition) is 0. The van der Waals surface area contributed by atoms with Crippen LogP contribution in [0.25, 0.3) is 0 Å². The Bertz CT molecular complexity index is 370. The zero-order chi connectivity index (χ0) is 9.26. The van der Waals surface area contributed by atoms with E-state index in [2.05, 4.69) is 9.99 Å². The average molecular weight is 196 g/mol. The van der Waals surface area contributed by atoms with Gasteiger partial charge in [-0.2, -0.15) is 0 Å². The lowest BCUT2D eigenvalue weighted by Crippen LogP contribution is -1.99. The summed E-state index contributed by atoms with van der Waals surface area (Å²) in [5, 5.41) is 4.30. The van der Waals surface area contributed by atoms with Gasteiger partial charge in [0.15, 0.2) is 0 Å². The molecule has 1 aromatic rings. The Kier molecular flexibility index (Phi) is 2.02. The summed E-state index contributed by atoms with van der Waals surface area (Å²) >= 11 is 5.71. The number of carbonyl (C=O) groups excluding carboxylic acids is 1. The molecule has 0 N–H and O–H groups in total. The van der Waals surface area contributed by atoms with E-state index in [0.717, 1.165) is 5.56 Å². The maximum absolute atomic E-state index is 10.7. The number of rotatable bonds is 1. The lowest BCUT2D eigenvalue weighted by Gasteiger charge is -1.95. The molecule has 66 valence electrons. The van der Waals surface area contributed by atoms with E-state index < -0.39 is 0 Å². The Hall–Kier alpha value is -1.35. The van der Waals surface area contributed by atoms with Crippen molar-refractivity contribution in [3.63, 3.8) is 0 Å². The van der Waals surface area contributed by atoms with Crippen LogP contribution in [0.2, 0.25) is 5.02 Å². The molecule has 4 heteroatoms. The normalized spacial score (nSPS) is 15.5. The zero-order valence-corrected chi connectivity index (χ0v) is 7.41. The third-order valence-corrected chi connectivity index (χ3v) is 2.00. The number of halogens is 1. The minimum Gasteiger partial charge on any atom is -0.318 e. The average Bonchev–Trinajstić information content (AvgIpc) is 2.53. The fourth-order valence-corrected chi connectivity index (χ4v) is 1.23. The third kappa shape index (κ3) is 1.70. The van der Waals surface area contributed by atoms with Crippen LogP contribution >= 0.6 is 11.6 Å². The summed E-state index contributed by atoms with van der Waals surface area (Å²) < 4.78 is 0. The first-order valence-electron chi connectivity index (χ1n) is 3.78. The van der Waals surface area contributed by atoms with Gasteiger partial charge in [-0.05, 0) is 12.1 Å². The molecule has 0 aromatic heterocycles. The van der Waals surface area contributed by atoms with Crippen molar-refractivity contribution in [1.82, 2.24) is 0 Å². The van der Waals surface area contributed by atoms with Crippen molar-refractivity contribution >= 4 is 23.3 Å². The van der Waals surface area contributed by atoms with Crippen molar-refractivity contribution in [2.45, 2.75) is 6.42 Å². The van der Waals surface area contributed by atoms with E-state index in [1.165, 1.54) is 0 Å². The van der Waals surface area contributed by atoms with Crippen molar-refractivity contribution in [3.8, 4) is 0 Å². The molecule has 3 nitrogen and oxygen atoms in total. The van der Waals surface area contributed by atoms with Crippen LogP contribution in [0.5, 0.6) is 0 Å². The molecule has 1 aliphatic rings. The highest BCUT2D eigenvalue weighted by Crippen LogP contribution is 2.14. The van der Waals surface area contributed by atoms with Gasteiger partial charge in [-0.3, -0.25) is 0 Å². The molecular weight excluding hydrogens is 190 g/mol. The molecule has 1 heterocycles. The third-order valence-electron chi connectivity index (χ3n) is 1.75. The van der Waals surface area contributed by atoms with Crippen molar-refractivity contribution in [3.05, 3.63) is 34.9 Å². The van der Waals surface area contributed by atoms with Gasteiger partial charge in [0.1, 0.15) is 0 Å². The first-order valence-corrected chi connectivity index (χ1v) is 4.16. The second kappa shape index (κ2) is 3.18. The Labute approximate surface area is 79.9 Å². The lowest BCUT2D eigenvalue weighted by atomic mass is 10.1. The summed E-state index contributed by atoms with van der Waals surface area (Å²) in [6, 6.07) is 7.12. The summed E-state index contributed by atoms with van der Waals surface area (Å²) in [5.41, 5.74) is 1.52. The molecule has 0 saturated carbocycles. The topological polar surface area (TPSA) is 38.7 Å². The predicted octanol–water partition coefficient (Wildman–Crippen LogP) is 1.99. The molecule has 1 aromatic carbocycles. The van der Waals surface area contributed by atoms with Gasteiger partial charge in [0, 0.05) is 10.6 Å². The zero-order valence-electron chi connectivity index (χ0n) is 6.66. The fourth-order valence-electron chi connectivity index (χ4n) is 1.10. The summed E-state index contributed by atoms with van der Waals surface area (Å²) in [4.78, 5) is 15.2. The number of hydrogen-bond acceptors (Lipinski definition) is 3. The molecular formula is C9H6ClNO2. The molecule has 0 atom stereocenters. The van der Waals surface area contributed by atoms with Crippen LogP contribution < -0.4 is 0 Å². The van der Waals surface area contributed by atoms with E-state index >= 15 is 0 Å². The SMILES string of the molecule is O=C1CC(c2ccc(Cl)cc2)=NO1. The Morgan fingerprint density at radius 3 is 2.54 bits per heavy atom. The molecule has 1 aliphatic heterocycles. The molecule has 0 fully saturated rings. The minimum atomic E-state index is -0.315. The van der Waals surface area contributed by atoms with Gasteiger partial charge in [-0.15, -0.1) is 0 Å². The Morgan fingerprint density at radius 2 is 2.00 bits per heavy atom. The van der Waals surface area contributed by atoms with Gasteiger partial charge < -0.3 is 4.84 Å². The van der Waals surface area contributed by atoms with Crippen LogP contribution in [0.1, 0.15) is 12.0 Å². The van der Waals surface area contributed by atoms with E-state index in [1.54, 1.807) is 12.1 Å². The van der Waals surface area contributed by atoms with Gasteiger partial charge in [-0.25, -0.2) is 4.79 Å². The number of nitrogens with zero attached hydrogens (tertiary/aromatic N) is 1. The van der Waals surface area contributed by atoms with Crippen LogP contribution in [-0.4, -0.2) is 11.7 Å². The molecule has 13 heavy (non-hydrogen) atoms.